The molecule has 0 unspecified atom stereocenters. The van der Waals surface area contributed by atoms with Crippen molar-refractivity contribution in [1.29, 1.82) is 0 Å². The van der Waals surface area contributed by atoms with Crippen molar-refractivity contribution in [3.8, 4) is 11.1 Å². The fraction of sp³-hybridized carbons (Fsp3) is 0.0204. The van der Waals surface area contributed by atoms with Crippen molar-refractivity contribution in [1.82, 2.24) is 0 Å². The predicted octanol–water partition coefficient (Wildman–Crippen LogP) is 15.5. The van der Waals surface area contributed by atoms with Crippen LogP contribution in [0.3, 0.4) is 0 Å². The van der Waals surface area contributed by atoms with Crippen molar-refractivity contribution >= 4 is 204 Å². The van der Waals surface area contributed by atoms with Crippen LogP contribution in [-0.2, 0) is 0 Å². The zero-order valence-corrected chi connectivity index (χ0v) is 40.2. The Balaban J connectivity index is 0.000000135. The lowest BCUT2D eigenvalue weighted by atomic mass is 9.79. The molecule has 0 aliphatic carbocycles. The first kappa shape index (κ1) is 44.6. The second-order valence-corrected chi connectivity index (χ2v) is 19.1. The third-order valence-electron chi connectivity index (χ3n) is 10.4. The average Bonchev–Trinajstić information content (AvgIpc) is 3.99. The molecule has 0 bridgehead atoms. The fourth-order valence-electron chi connectivity index (χ4n) is 7.57. The zero-order chi connectivity index (χ0) is 41.2. The Labute approximate surface area is 411 Å². The molecule has 8 aromatic carbocycles. The molecule has 3 radical (unpaired) electrons. The summed E-state index contributed by atoms with van der Waals surface area (Å²) in [6.45, 7) is 0. The van der Waals surface area contributed by atoms with Crippen LogP contribution in [-0.4, -0.2) is 25.6 Å². The summed E-state index contributed by atoms with van der Waals surface area (Å²) in [4.78, 5) is 0. The third kappa shape index (κ3) is 8.39. The Kier molecular flexibility index (Phi) is 13.1. The number of fused-ring (bicyclic) bond motifs is 12. The van der Waals surface area contributed by atoms with Crippen LogP contribution in [0, 0.1) is 10.7 Å². The lowest BCUT2D eigenvalue weighted by molar-refractivity contribution is 0.426. The first-order valence-electron chi connectivity index (χ1n) is 18.5. The van der Waals surface area contributed by atoms with E-state index in [0.29, 0.717) is 5.58 Å². The molecule has 12 rings (SSSR count). The molecule has 0 saturated carbocycles. The van der Waals surface area contributed by atoms with E-state index in [9.17, 15) is 10.0 Å². The molecule has 12 aromatic rings. The summed E-state index contributed by atoms with van der Waals surface area (Å²) < 4.78 is 28.1. The van der Waals surface area contributed by atoms with Crippen LogP contribution >= 0.6 is 95.3 Å². The number of hydrogen-bond acceptors (Lipinski definition) is 6. The molecule has 0 spiro atoms. The second-order valence-electron chi connectivity index (χ2n) is 14.1. The summed E-state index contributed by atoms with van der Waals surface area (Å²) in [5, 5.41) is 27.4. The molecule has 303 valence electrons. The highest BCUT2D eigenvalue weighted by Gasteiger charge is 2.19. The van der Waals surface area contributed by atoms with Gasteiger partial charge in [0, 0.05) is 77.2 Å². The van der Waals surface area contributed by atoms with Gasteiger partial charge in [-0.25, -0.2) is 0 Å². The molecule has 2 N–H and O–H groups in total. The molecule has 0 atom stereocenters. The quantitative estimate of drug-likeness (QED) is 0.132. The molecule has 6 nitrogen and oxygen atoms in total. The summed E-state index contributed by atoms with van der Waals surface area (Å²) in [6, 6.07) is 48.4. The van der Waals surface area contributed by atoms with E-state index in [1.807, 2.05) is 60.7 Å². The normalized spacial score (nSPS) is 11.2. The van der Waals surface area contributed by atoms with Crippen LogP contribution in [0.15, 0.2) is 168 Å². The highest BCUT2D eigenvalue weighted by atomic mass is 127. The first-order valence-corrected chi connectivity index (χ1v) is 23.0. The van der Waals surface area contributed by atoms with Gasteiger partial charge < -0.3 is 27.7 Å². The Hall–Kier alpha value is -4.03. The van der Waals surface area contributed by atoms with E-state index in [0.717, 1.165) is 87.0 Å². The Morgan fingerprint density at radius 2 is 0.823 bits per heavy atom. The lowest BCUT2D eigenvalue weighted by Gasteiger charge is -2.06. The van der Waals surface area contributed by atoms with Crippen molar-refractivity contribution in [2.24, 2.45) is 0 Å². The minimum absolute atomic E-state index is 0. The number of benzene rings is 8. The minimum Gasteiger partial charge on any atom is -0.456 e. The summed E-state index contributed by atoms with van der Waals surface area (Å²) in [7, 11) is -1.58. The van der Waals surface area contributed by atoms with Gasteiger partial charge in [-0.3, -0.25) is 0 Å². The monoisotopic (exact) mass is 1230 g/mol. The molecular weight excluding hydrogens is 1200 g/mol. The Morgan fingerprint density at radius 1 is 0.435 bits per heavy atom. The van der Waals surface area contributed by atoms with Crippen molar-refractivity contribution < 1.29 is 27.7 Å². The van der Waals surface area contributed by atoms with E-state index in [4.69, 9.17) is 29.3 Å². The van der Waals surface area contributed by atoms with Gasteiger partial charge in [0.25, 0.3) is 0 Å². The molecule has 0 amide bonds. The van der Waals surface area contributed by atoms with Gasteiger partial charge in [0.15, 0.2) is 0 Å². The van der Waals surface area contributed by atoms with Crippen LogP contribution in [0.25, 0.3) is 98.9 Å². The molecule has 4 heterocycles. The van der Waals surface area contributed by atoms with Gasteiger partial charge >= 0.3 is 7.12 Å². The third-order valence-corrected chi connectivity index (χ3v) is 13.4. The zero-order valence-electron chi connectivity index (χ0n) is 31.4. The van der Waals surface area contributed by atoms with Crippen molar-refractivity contribution in [2.75, 3.05) is 0 Å². The van der Waals surface area contributed by atoms with E-state index in [-0.39, 0.29) is 26.3 Å². The van der Waals surface area contributed by atoms with Crippen molar-refractivity contribution in [3.05, 3.63) is 166 Å². The number of hydrogen-bond donors (Lipinski definition) is 2. The van der Waals surface area contributed by atoms with Crippen molar-refractivity contribution in [3.63, 3.8) is 0 Å². The minimum atomic E-state index is -1.58. The van der Waals surface area contributed by atoms with Gasteiger partial charge in [-0.05, 0) is 182 Å². The number of halogens is 5. The highest BCUT2D eigenvalue weighted by Crippen LogP contribution is 2.40. The predicted molar refractivity (Wildman–Crippen MR) is 287 cm³/mol. The summed E-state index contributed by atoms with van der Waals surface area (Å²) in [5.41, 5.74) is 9.52. The number of rotatable bonds is 2. The molecule has 0 fully saturated rings. The SMILES string of the molecule is Brc1cc2oc3ccccc3c2cc1-c1ccc2oc3ccc(I)cc3c2c1.C.Ic1ccc2oc3ccc(I)cc3c2c1.OB(O)c1cc2c(cc1Cl)oc1ccccc12.[B]. The van der Waals surface area contributed by atoms with E-state index in [1.165, 1.54) is 21.5 Å². The number of para-hydroxylation sites is 2. The van der Waals surface area contributed by atoms with Crippen LogP contribution in [0.5, 0.6) is 0 Å². The van der Waals surface area contributed by atoms with Gasteiger partial charge in [0.1, 0.15) is 44.7 Å². The van der Waals surface area contributed by atoms with E-state index in [2.05, 4.69) is 156 Å². The second kappa shape index (κ2) is 18.2. The van der Waals surface area contributed by atoms with Gasteiger partial charge in [-0.15, -0.1) is 0 Å². The van der Waals surface area contributed by atoms with E-state index >= 15 is 0 Å². The maximum absolute atomic E-state index is 9.21. The van der Waals surface area contributed by atoms with Gasteiger partial charge in [-0.2, -0.15) is 0 Å². The van der Waals surface area contributed by atoms with Crippen LogP contribution in [0.2, 0.25) is 5.02 Å². The van der Waals surface area contributed by atoms with Crippen LogP contribution in [0.4, 0.5) is 0 Å². The molecule has 4 aromatic heterocycles. The van der Waals surface area contributed by atoms with Crippen LogP contribution in [0.1, 0.15) is 7.43 Å². The smallest absolute Gasteiger partial charge is 0.456 e. The van der Waals surface area contributed by atoms with Crippen molar-refractivity contribution in [2.45, 2.75) is 7.43 Å². The summed E-state index contributed by atoms with van der Waals surface area (Å²) >= 11 is 16.7. The summed E-state index contributed by atoms with van der Waals surface area (Å²) in [6.07, 6.45) is 0. The standard InChI is InChI=1S/C24H12BrIO2.C12H8BClO3.C12H6I2O.CH4.B/c25-20-12-24-19(15-3-1-2-4-21(15)28-24)11-16(20)13-5-7-22-17(9-13)18-10-14(26)6-8-23(18)27-22;14-10-6-12-8(5-9(10)13(15)16)7-3-1-2-4-11(7)17-12;13-7-1-3-11-9(5-7)10-6-8(14)2-4-12(10)15-11;;/h1-12H;1-6,15-16H;1-6H;1H4;. The summed E-state index contributed by atoms with van der Waals surface area (Å²) in [5.74, 6) is 0. The molecular formula is C49H30B2BrClI3O6. The largest absolute Gasteiger partial charge is 0.489 e. The Morgan fingerprint density at radius 3 is 1.32 bits per heavy atom. The molecule has 62 heavy (non-hydrogen) atoms. The maximum Gasteiger partial charge on any atom is 0.489 e. The molecule has 0 aliphatic heterocycles. The van der Waals surface area contributed by atoms with Crippen LogP contribution < -0.4 is 5.46 Å². The topological polar surface area (TPSA) is 93.0 Å². The molecule has 13 heteroatoms. The maximum atomic E-state index is 9.21. The van der Waals surface area contributed by atoms with Gasteiger partial charge in [0.2, 0.25) is 0 Å². The average molecular weight is 1230 g/mol. The lowest BCUT2D eigenvalue weighted by Crippen LogP contribution is -2.30. The van der Waals surface area contributed by atoms with E-state index < -0.39 is 7.12 Å². The first-order chi connectivity index (χ1) is 29.1. The Bertz CT molecular complexity index is 3580. The van der Waals surface area contributed by atoms with E-state index in [1.54, 1.807) is 12.1 Å². The van der Waals surface area contributed by atoms with Gasteiger partial charge in [-0.1, -0.05) is 77.4 Å². The van der Waals surface area contributed by atoms with Gasteiger partial charge in [0.05, 0.1) is 0 Å². The molecule has 0 saturated heterocycles. The highest BCUT2D eigenvalue weighted by molar-refractivity contribution is 14.1. The molecule has 0 aliphatic rings. The fourth-order valence-corrected chi connectivity index (χ4v) is 9.84. The number of furan rings is 4.